The Morgan fingerprint density at radius 3 is 2.36 bits per heavy atom. The zero-order chi connectivity index (χ0) is 20.4. The third-order valence-electron chi connectivity index (χ3n) is 4.33. The average Bonchev–Trinajstić information content (AvgIpc) is 2.65. The maximum atomic E-state index is 13.8. The van der Waals surface area contributed by atoms with E-state index in [9.17, 15) is 18.0 Å². The van der Waals surface area contributed by atoms with E-state index in [1.165, 1.54) is 11.5 Å². The van der Waals surface area contributed by atoms with Gasteiger partial charge in [0.1, 0.15) is 17.4 Å². The molecule has 0 atom stereocenters. The number of nitrogens with one attached hydrogen (secondary N) is 1. The van der Waals surface area contributed by atoms with Crippen LogP contribution in [-0.4, -0.2) is 16.7 Å². The molecular weight excluding hydrogens is 371 g/mol. The Morgan fingerprint density at radius 2 is 1.75 bits per heavy atom. The van der Waals surface area contributed by atoms with Gasteiger partial charge in [-0.15, -0.1) is 0 Å². The molecule has 0 saturated carbocycles. The third kappa shape index (κ3) is 4.00. The summed E-state index contributed by atoms with van der Waals surface area (Å²) in [6, 6.07) is 7.54. The highest BCUT2D eigenvalue weighted by molar-refractivity contribution is 5.60. The van der Waals surface area contributed by atoms with Gasteiger partial charge in [0.15, 0.2) is 0 Å². The van der Waals surface area contributed by atoms with E-state index in [1.54, 1.807) is 25.3 Å². The van der Waals surface area contributed by atoms with E-state index < -0.39 is 23.0 Å². The van der Waals surface area contributed by atoms with Crippen molar-refractivity contribution in [3.63, 3.8) is 0 Å². The Morgan fingerprint density at radius 1 is 1.07 bits per heavy atom. The van der Waals surface area contributed by atoms with Crippen LogP contribution in [0.4, 0.5) is 24.8 Å². The topological polar surface area (TPSA) is 56.1 Å². The maximum Gasteiger partial charge on any atom is 0.310 e. The molecule has 28 heavy (non-hydrogen) atoms. The monoisotopic (exact) mass is 389 g/mol. The number of anilines is 2. The molecule has 3 rings (SSSR count). The Bertz CT molecular complexity index is 1070. The first-order valence-electron chi connectivity index (χ1n) is 8.41. The Kier molecular flexibility index (Phi) is 5.39. The van der Waals surface area contributed by atoms with E-state index in [0.29, 0.717) is 11.4 Å². The highest BCUT2D eigenvalue weighted by atomic mass is 19.1. The summed E-state index contributed by atoms with van der Waals surface area (Å²) in [5.41, 5.74) is 0.553. The minimum atomic E-state index is -1.06. The van der Waals surface area contributed by atoms with Crippen LogP contribution >= 0.6 is 0 Å². The maximum absolute atomic E-state index is 13.8. The Labute approximate surface area is 159 Å². The van der Waals surface area contributed by atoms with Crippen LogP contribution in [0.3, 0.4) is 0 Å². The number of ether oxygens (including phenoxy) is 1. The quantitative estimate of drug-likeness (QED) is 0.715. The van der Waals surface area contributed by atoms with Crippen molar-refractivity contribution in [1.82, 2.24) is 9.55 Å². The van der Waals surface area contributed by atoms with Gasteiger partial charge in [-0.05, 0) is 55.3 Å². The molecule has 5 nitrogen and oxygen atoms in total. The van der Waals surface area contributed by atoms with E-state index in [-0.39, 0.29) is 23.6 Å². The minimum Gasteiger partial charge on any atom is -0.497 e. The Hall–Kier alpha value is -3.29. The smallest absolute Gasteiger partial charge is 0.310 e. The largest absolute Gasteiger partial charge is 0.497 e. The van der Waals surface area contributed by atoms with Crippen LogP contribution in [0.1, 0.15) is 16.7 Å². The lowest BCUT2D eigenvalue weighted by molar-refractivity contribution is 0.414. The molecule has 0 aliphatic heterocycles. The lowest BCUT2D eigenvalue weighted by Crippen LogP contribution is -2.20. The summed E-state index contributed by atoms with van der Waals surface area (Å²) >= 11 is 0. The molecule has 0 radical (unpaired) electrons. The van der Waals surface area contributed by atoms with Crippen molar-refractivity contribution in [2.24, 2.45) is 0 Å². The fourth-order valence-corrected chi connectivity index (χ4v) is 2.70. The van der Waals surface area contributed by atoms with Crippen LogP contribution in [0.15, 0.2) is 41.3 Å². The van der Waals surface area contributed by atoms with Gasteiger partial charge in [0.2, 0.25) is 11.8 Å². The second kappa shape index (κ2) is 7.75. The molecule has 3 aromatic rings. The van der Waals surface area contributed by atoms with E-state index >= 15 is 0 Å². The van der Waals surface area contributed by atoms with E-state index in [2.05, 4.69) is 10.3 Å². The summed E-state index contributed by atoms with van der Waals surface area (Å²) in [5.74, 6) is -1.78. The van der Waals surface area contributed by atoms with Gasteiger partial charge in [0, 0.05) is 17.4 Å². The fraction of sp³-hybridized carbons (Fsp3) is 0.200. The van der Waals surface area contributed by atoms with Crippen LogP contribution in [0, 0.1) is 31.3 Å². The summed E-state index contributed by atoms with van der Waals surface area (Å²) in [4.78, 5) is 15.4. The molecule has 0 saturated heterocycles. The molecule has 0 bridgehead atoms. The van der Waals surface area contributed by atoms with Gasteiger partial charge in [0.25, 0.3) is 0 Å². The molecule has 0 amide bonds. The van der Waals surface area contributed by atoms with E-state index in [1.807, 2.05) is 6.92 Å². The second-order valence-corrected chi connectivity index (χ2v) is 6.34. The lowest BCUT2D eigenvalue weighted by Gasteiger charge is -2.16. The molecule has 1 aromatic heterocycles. The average molecular weight is 389 g/mol. The summed E-state index contributed by atoms with van der Waals surface area (Å²) < 4.78 is 47.9. The molecule has 0 aliphatic carbocycles. The van der Waals surface area contributed by atoms with Gasteiger partial charge in [-0.1, -0.05) is 0 Å². The van der Waals surface area contributed by atoms with Crippen LogP contribution in [0.2, 0.25) is 0 Å². The lowest BCUT2D eigenvalue weighted by atomic mass is 10.1. The standard InChI is InChI=1S/C20H18F3N3O2/c1-11-6-14(28-3)4-5-18(11)24-20-25-19(27)17(23)10-26(20)9-13-7-15(21)12(2)16(22)8-13/h4-8,10H,9H2,1-3H3,(H,24,25,27). The summed E-state index contributed by atoms with van der Waals surface area (Å²) in [7, 11) is 1.54. The first kappa shape index (κ1) is 19.5. The van der Waals surface area contributed by atoms with Crippen molar-refractivity contribution in [3.8, 4) is 5.75 Å². The molecule has 146 valence electrons. The van der Waals surface area contributed by atoms with Crippen LogP contribution in [0.25, 0.3) is 0 Å². The van der Waals surface area contributed by atoms with Gasteiger partial charge >= 0.3 is 5.56 Å². The molecule has 0 unspecified atom stereocenters. The highest BCUT2D eigenvalue weighted by Gasteiger charge is 2.13. The zero-order valence-corrected chi connectivity index (χ0v) is 15.5. The molecule has 1 N–H and O–H groups in total. The molecule has 0 aliphatic rings. The highest BCUT2D eigenvalue weighted by Crippen LogP contribution is 2.24. The molecular formula is C20H18F3N3O2. The predicted octanol–water partition coefficient (Wildman–Crippen LogP) is 4.08. The minimum absolute atomic E-state index is 0.0426. The van der Waals surface area contributed by atoms with Crippen molar-refractivity contribution in [3.05, 3.63) is 81.0 Å². The van der Waals surface area contributed by atoms with Crippen LogP contribution in [-0.2, 0) is 6.54 Å². The normalized spacial score (nSPS) is 10.8. The van der Waals surface area contributed by atoms with Crippen molar-refractivity contribution in [1.29, 1.82) is 0 Å². The number of methoxy groups -OCH3 is 1. The zero-order valence-electron chi connectivity index (χ0n) is 15.5. The number of aryl methyl sites for hydroxylation is 1. The summed E-state index contributed by atoms with van der Waals surface area (Å²) in [6.45, 7) is 3.06. The van der Waals surface area contributed by atoms with Gasteiger partial charge in [0.05, 0.1) is 13.7 Å². The molecule has 8 heteroatoms. The van der Waals surface area contributed by atoms with Crippen molar-refractivity contribution >= 4 is 11.6 Å². The Balaban J connectivity index is 2.00. The van der Waals surface area contributed by atoms with Crippen molar-refractivity contribution in [2.45, 2.75) is 20.4 Å². The van der Waals surface area contributed by atoms with Crippen molar-refractivity contribution < 1.29 is 17.9 Å². The predicted molar refractivity (Wildman–Crippen MR) is 99.7 cm³/mol. The van der Waals surface area contributed by atoms with Crippen molar-refractivity contribution in [2.75, 3.05) is 12.4 Å². The molecule has 0 fully saturated rings. The molecule has 1 heterocycles. The summed E-state index contributed by atoms with van der Waals surface area (Å²) in [6.07, 6.45) is 0.951. The fourth-order valence-electron chi connectivity index (χ4n) is 2.70. The van der Waals surface area contributed by atoms with Crippen LogP contribution in [0.5, 0.6) is 5.75 Å². The van der Waals surface area contributed by atoms with Gasteiger partial charge in [-0.3, -0.25) is 4.79 Å². The van der Waals surface area contributed by atoms with E-state index in [4.69, 9.17) is 4.74 Å². The van der Waals surface area contributed by atoms with Gasteiger partial charge in [-0.2, -0.15) is 9.37 Å². The number of rotatable bonds is 5. The van der Waals surface area contributed by atoms with E-state index in [0.717, 1.165) is 23.9 Å². The van der Waals surface area contributed by atoms with Gasteiger partial charge < -0.3 is 14.6 Å². The molecule has 0 spiro atoms. The number of nitrogens with zero attached hydrogens (tertiary/aromatic N) is 2. The molecule has 2 aromatic carbocycles. The third-order valence-corrected chi connectivity index (χ3v) is 4.33. The number of halogens is 3. The SMILES string of the molecule is COc1ccc(Nc2nc(=O)c(F)cn2Cc2cc(F)c(C)c(F)c2)c(C)c1. The second-order valence-electron chi connectivity index (χ2n) is 6.34. The first-order valence-corrected chi connectivity index (χ1v) is 8.41. The summed E-state index contributed by atoms with van der Waals surface area (Å²) in [5, 5.41) is 2.96. The first-order chi connectivity index (χ1) is 13.3. The van der Waals surface area contributed by atoms with Crippen LogP contribution < -0.4 is 15.6 Å². The number of aromatic nitrogens is 2. The number of benzene rings is 2. The van der Waals surface area contributed by atoms with Gasteiger partial charge in [-0.25, -0.2) is 8.78 Å². The number of hydrogen-bond donors (Lipinski definition) is 1. The number of hydrogen-bond acceptors (Lipinski definition) is 4.